The van der Waals surface area contributed by atoms with Gasteiger partial charge in [0.05, 0.1) is 6.54 Å². The molecule has 0 heterocycles. The topological polar surface area (TPSA) is 61.4 Å². The van der Waals surface area contributed by atoms with Crippen LogP contribution in [0, 0.1) is 0 Å². The van der Waals surface area contributed by atoms with Crippen LogP contribution in [-0.4, -0.2) is 24.9 Å². The standard InChI is InChI=1S/C24H24ClN3O2/c1-2-28(21-9-4-3-5-10-21)24(30)18-12-14-20(15-13-18)26-17-23(29)27-16-19-8-6-7-11-22(19)25/h3-15,26H,2,16-17H2,1H3,(H,27,29). The fourth-order valence-corrected chi connectivity index (χ4v) is 3.22. The van der Waals surface area contributed by atoms with E-state index in [1.807, 2.05) is 55.5 Å². The maximum Gasteiger partial charge on any atom is 0.258 e. The fourth-order valence-electron chi connectivity index (χ4n) is 3.02. The lowest BCUT2D eigenvalue weighted by Gasteiger charge is -2.21. The number of nitrogens with zero attached hydrogens (tertiary/aromatic N) is 1. The van der Waals surface area contributed by atoms with Crippen LogP contribution in [0.4, 0.5) is 11.4 Å². The van der Waals surface area contributed by atoms with E-state index in [-0.39, 0.29) is 18.4 Å². The van der Waals surface area contributed by atoms with E-state index in [9.17, 15) is 9.59 Å². The lowest BCUT2D eigenvalue weighted by molar-refractivity contribution is -0.119. The van der Waals surface area contributed by atoms with E-state index in [0.717, 1.165) is 16.9 Å². The molecular weight excluding hydrogens is 398 g/mol. The quantitative estimate of drug-likeness (QED) is 0.552. The van der Waals surface area contributed by atoms with Crippen LogP contribution in [0.2, 0.25) is 5.02 Å². The number of benzene rings is 3. The Morgan fingerprint density at radius 1 is 0.900 bits per heavy atom. The van der Waals surface area contributed by atoms with Crippen molar-refractivity contribution in [1.29, 1.82) is 0 Å². The number of hydrogen-bond acceptors (Lipinski definition) is 3. The average molecular weight is 422 g/mol. The van der Waals surface area contributed by atoms with Crippen LogP contribution in [0.1, 0.15) is 22.8 Å². The molecule has 0 saturated heterocycles. The summed E-state index contributed by atoms with van der Waals surface area (Å²) in [7, 11) is 0. The van der Waals surface area contributed by atoms with Crippen LogP contribution in [-0.2, 0) is 11.3 Å². The first-order chi connectivity index (χ1) is 14.6. The molecule has 0 aliphatic rings. The third-order valence-corrected chi connectivity index (χ3v) is 5.02. The monoisotopic (exact) mass is 421 g/mol. The van der Waals surface area contributed by atoms with Gasteiger partial charge in [-0.1, -0.05) is 48.0 Å². The second-order valence-electron chi connectivity index (χ2n) is 6.68. The summed E-state index contributed by atoms with van der Waals surface area (Å²) in [6.45, 7) is 3.03. The number of halogens is 1. The molecule has 0 radical (unpaired) electrons. The van der Waals surface area contributed by atoms with Gasteiger partial charge in [-0.05, 0) is 55.0 Å². The fraction of sp³-hybridized carbons (Fsp3) is 0.167. The van der Waals surface area contributed by atoms with Gasteiger partial charge in [0.15, 0.2) is 0 Å². The van der Waals surface area contributed by atoms with Gasteiger partial charge in [0, 0.05) is 35.1 Å². The van der Waals surface area contributed by atoms with Gasteiger partial charge < -0.3 is 15.5 Å². The SMILES string of the molecule is CCN(C(=O)c1ccc(NCC(=O)NCc2ccccc2Cl)cc1)c1ccccc1. The molecule has 3 rings (SSSR count). The molecule has 0 saturated carbocycles. The normalized spacial score (nSPS) is 10.3. The summed E-state index contributed by atoms with van der Waals surface area (Å²) < 4.78 is 0. The third-order valence-electron chi connectivity index (χ3n) is 4.65. The van der Waals surface area contributed by atoms with Crippen LogP contribution >= 0.6 is 11.6 Å². The molecule has 0 aliphatic heterocycles. The summed E-state index contributed by atoms with van der Waals surface area (Å²) >= 11 is 6.09. The molecule has 6 heteroatoms. The van der Waals surface area contributed by atoms with Gasteiger partial charge in [-0.3, -0.25) is 9.59 Å². The number of para-hydroxylation sites is 1. The van der Waals surface area contributed by atoms with Gasteiger partial charge >= 0.3 is 0 Å². The number of carbonyl (C=O) groups excluding carboxylic acids is 2. The highest BCUT2D eigenvalue weighted by Crippen LogP contribution is 2.18. The van der Waals surface area contributed by atoms with Crippen LogP contribution in [0.3, 0.4) is 0 Å². The Hall–Kier alpha value is -3.31. The minimum atomic E-state index is -0.142. The Morgan fingerprint density at radius 3 is 2.23 bits per heavy atom. The minimum Gasteiger partial charge on any atom is -0.376 e. The van der Waals surface area contributed by atoms with Crippen molar-refractivity contribution >= 4 is 34.8 Å². The highest BCUT2D eigenvalue weighted by molar-refractivity contribution is 6.31. The van der Waals surface area contributed by atoms with Gasteiger partial charge in [0.2, 0.25) is 5.91 Å². The lowest BCUT2D eigenvalue weighted by Crippen LogP contribution is -2.30. The summed E-state index contributed by atoms with van der Waals surface area (Å²) in [4.78, 5) is 26.6. The van der Waals surface area contributed by atoms with Crippen molar-refractivity contribution in [2.24, 2.45) is 0 Å². The molecule has 3 aromatic carbocycles. The maximum absolute atomic E-state index is 12.8. The zero-order chi connectivity index (χ0) is 21.3. The summed E-state index contributed by atoms with van der Waals surface area (Å²) in [6.07, 6.45) is 0. The first-order valence-corrected chi connectivity index (χ1v) is 10.2. The Bertz CT molecular complexity index is 991. The minimum absolute atomic E-state index is 0.0623. The van der Waals surface area contributed by atoms with Crippen LogP contribution in [0.25, 0.3) is 0 Å². The molecule has 3 aromatic rings. The van der Waals surface area contributed by atoms with Gasteiger partial charge in [-0.2, -0.15) is 0 Å². The summed E-state index contributed by atoms with van der Waals surface area (Å²) in [5.74, 6) is -0.205. The first kappa shape index (κ1) is 21.4. The summed E-state index contributed by atoms with van der Waals surface area (Å²) in [6, 6.07) is 24.1. The number of rotatable bonds is 8. The highest BCUT2D eigenvalue weighted by atomic mass is 35.5. The number of carbonyl (C=O) groups is 2. The zero-order valence-corrected chi connectivity index (χ0v) is 17.5. The number of hydrogen-bond donors (Lipinski definition) is 2. The molecule has 0 fully saturated rings. The Balaban J connectivity index is 1.53. The van der Waals surface area contributed by atoms with E-state index in [1.54, 1.807) is 35.2 Å². The van der Waals surface area contributed by atoms with Crippen LogP contribution in [0.5, 0.6) is 0 Å². The van der Waals surface area contributed by atoms with E-state index in [2.05, 4.69) is 10.6 Å². The number of anilines is 2. The Labute approximate surface area is 181 Å². The smallest absolute Gasteiger partial charge is 0.258 e. The molecule has 0 bridgehead atoms. The van der Waals surface area contributed by atoms with Gasteiger partial charge in [0.1, 0.15) is 0 Å². The second kappa shape index (κ2) is 10.5. The van der Waals surface area contributed by atoms with Crippen molar-refractivity contribution in [3.63, 3.8) is 0 Å². The third kappa shape index (κ3) is 5.61. The maximum atomic E-state index is 12.8. The van der Waals surface area contributed by atoms with Gasteiger partial charge in [-0.25, -0.2) is 0 Å². The molecule has 0 aromatic heterocycles. The van der Waals surface area contributed by atoms with Crippen molar-refractivity contribution in [3.05, 3.63) is 95.0 Å². The van der Waals surface area contributed by atoms with E-state index < -0.39 is 0 Å². The van der Waals surface area contributed by atoms with Crippen molar-refractivity contribution < 1.29 is 9.59 Å². The Morgan fingerprint density at radius 2 is 1.57 bits per heavy atom. The van der Waals surface area contributed by atoms with Crippen LogP contribution in [0.15, 0.2) is 78.9 Å². The zero-order valence-electron chi connectivity index (χ0n) is 16.8. The molecule has 2 N–H and O–H groups in total. The molecule has 0 atom stereocenters. The van der Waals surface area contributed by atoms with E-state index in [0.29, 0.717) is 23.7 Å². The predicted octanol–water partition coefficient (Wildman–Crippen LogP) is 4.74. The van der Waals surface area contributed by atoms with Gasteiger partial charge in [0.25, 0.3) is 5.91 Å². The first-order valence-electron chi connectivity index (χ1n) is 9.79. The van der Waals surface area contributed by atoms with Crippen molar-refractivity contribution in [2.45, 2.75) is 13.5 Å². The van der Waals surface area contributed by atoms with Gasteiger partial charge in [-0.15, -0.1) is 0 Å². The van der Waals surface area contributed by atoms with Crippen molar-refractivity contribution in [2.75, 3.05) is 23.3 Å². The molecule has 5 nitrogen and oxygen atoms in total. The highest BCUT2D eigenvalue weighted by Gasteiger charge is 2.15. The van der Waals surface area contributed by atoms with E-state index >= 15 is 0 Å². The summed E-state index contributed by atoms with van der Waals surface area (Å²) in [5, 5.41) is 6.53. The lowest BCUT2D eigenvalue weighted by atomic mass is 10.1. The average Bonchev–Trinajstić information content (AvgIpc) is 2.78. The largest absolute Gasteiger partial charge is 0.376 e. The Kier molecular flexibility index (Phi) is 7.46. The van der Waals surface area contributed by atoms with E-state index in [1.165, 1.54) is 0 Å². The second-order valence-corrected chi connectivity index (χ2v) is 7.09. The molecule has 30 heavy (non-hydrogen) atoms. The van der Waals surface area contributed by atoms with Crippen molar-refractivity contribution in [3.8, 4) is 0 Å². The summed E-state index contributed by atoms with van der Waals surface area (Å²) in [5.41, 5.74) is 3.09. The predicted molar refractivity (Wildman–Crippen MR) is 122 cm³/mol. The number of amides is 2. The molecule has 2 amide bonds. The molecule has 0 aliphatic carbocycles. The molecule has 0 spiro atoms. The van der Waals surface area contributed by atoms with E-state index in [4.69, 9.17) is 11.6 Å². The van der Waals surface area contributed by atoms with Crippen LogP contribution < -0.4 is 15.5 Å². The number of nitrogens with one attached hydrogen (secondary N) is 2. The van der Waals surface area contributed by atoms with Crippen molar-refractivity contribution in [1.82, 2.24) is 5.32 Å². The molecule has 154 valence electrons. The molecular formula is C24H24ClN3O2. The molecule has 0 unspecified atom stereocenters.